The van der Waals surface area contributed by atoms with E-state index < -0.39 is 51.5 Å². The van der Waals surface area contributed by atoms with Crippen LogP contribution >= 0.6 is 0 Å². The predicted molar refractivity (Wildman–Crippen MR) is 438 cm³/mol. The van der Waals surface area contributed by atoms with Gasteiger partial charge >= 0.3 is 23.9 Å². The van der Waals surface area contributed by atoms with E-state index in [2.05, 4.69) is 86.8 Å². The maximum Gasteiger partial charge on any atom is 0.306 e. The number of rotatable bonds is 38. The Morgan fingerprint density at radius 3 is 1.13 bits per heavy atom. The van der Waals surface area contributed by atoms with Crippen LogP contribution in [0.2, 0.25) is 42.8 Å². The number of aryl methyl sites for hydroxylation is 2. The van der Waals surface area contributed by atoms with Gasteiger partial charge in [0.2, 0.25) is 0 Å². The van der Waals surface area contributed by atoms with E-state index in [1.54, 1.807) is 28.4 Å². The summed E-state index contributed by atoms with van der Waals surface area (Å²) in [5.41, 5.74) is 6.67. The molecule has 0 radical (unpaired) electrons. The largest absolute Gasteiger partial charge is 0.497 e. The lowest BCUT2D eigenvalue weighted by Gasteiger charge is -2.55. The highest BCUT2D eigenvalue weighted by Crippen LogP contribution is 2.57. The van der Waals surface area contributed by atoms with Crippen LogP contribution in [0.25, 0.3) is 33.7 Å². The van der Waals surface area contributed by atoms with E-state index >= 15 is 0 Å². The molecule has 0 aliphatic carbocycles. The average Bonchev–Trinajstić information content (AvgIpc) is 0.731. The number of benzene rings is 8. The molecule has 8 aromatic carbocycles. The molecule has 1 unspecified atom stereocenters. The molecule has 8 aromatic rings. The predicted octanol–water partition coefficient (Wildman–Crippen LogP) is 19.9. The first-order valence-electron chi connectivity index (χ1n) is 38.4. The standard InChI is InChI=1S/C91H112O17Si2/c1-62-73-24-18-20-26-75(73)85-77(48-51-90(106-85,65-28-36-69(96-10)37-29-65)66-30-38-70(97-11)39-31-66)79(62)60-104-83(94)46-44-81(92)102-57-55-100-53-22-50-87(4,5)89(8,9)110(16,17)108-88(6,7)64(3)109(14,15)59-23-54-101-56-58-103-82(93)45-47-84(95)105-61-80-63(2)74-25-19-21-27-76(74)86-78(80)49-52-91(107-86,67-32-40-71(98-12)41-33-67)68-34-42-72(99-13)43-35-68/h18-21,24-43,48-49,51-52,64H,22-23,44-47,50,53-61H2,1-17H3. The summed E-state index contributed by atoms with van der Waals surface area (Å²) in [5.74, 6) is 2.25. The Morgan fingerprint density at radius 1 is 0.436 bits per heavy atom. The van der Waals surface area contributed by atoms with Gasteiger partial charge in [0, 0.05) is 68.5 Å². The van der Waals surface area contributed by atoms with Crippen molar-refractivity contribution in [2.45, 2.75) is 180 Å². The number of carbonyl (C=O) groups is 4. The molecule has 0 saturated heterocycles. The second-order valence-corrected chi connectivity index (χ2v) is 41.5. The zero-order valence-electron chi connectivity index (χ0n) is 67.5. The number of carbonyl (C=O) groups excluding carboxylic acids is 4. The van der Waals surface area contributed by atoms with Gasteiger partial charge in [-0.05, 0) is 159 Å². The monoisotopic (exact) mass is 1530 g/mol. The minimum atomic E-state index is -2.39. The number of methoxy groups -OCH3 is 4. The summed E-state index contributed by atoms with van der Waals surface area (Å²) in [6.45, 7) is 31.6. The van der Waals surface area contributed by atoms with E-state index in [-0.39, 0.29) is 81.4 Å². The van der Waals surface area contributed by atoms with Crippen LogP contribution in [-0.4, -0.2) is 114 Å². The molecule has 19 heteroatoms. The maximum atomic E-state index is 13.3. The Kier molecular flexibility index (Phi) is 27.1. The molecule has 17 nitrogen and oxygen atoms in total. The van der Waals surface area contributed by atoms with Gasteiger partial charge in [0.1, 0.15) is 60.9 Å². The summed E-state index contributed by atoms with van der Waals surface area (Å²) >= 11 is 0. The van der Waals surface area contributed by atoms with Crippen LogP contribution < -0.4 is 28.4 Å². The fourth-order valence-electron chi connectivity index (χ4n) is 15.4. The molecule has 0 N–H and O–H groups in total. The molecule has 1 atom stereocenters. The molecule has 0 amide bonds. The maximum absolute atomic E-state index is 13.3. The molecule has 2 heterocycles. The molecular formula is C91H112O17Si2. The van der Waals surface area contributed by atoms with Crippen molar-refractivity contribution < 1.29 is 80.4 Å². The van der Waals surface area contributed by atoms with Gasteiger partial charge in [0.15, 0.2) is 19.5 Å². The number of hydrogen-bond acceptors (Lipinski definition) is 17. The molecule has 0 spiro atoms. The highest BCUT2D eigenvalue weighted by atomic mass is 28.4. The lowest BCUT2D eigenvalue weighted by atomic mass is 9.76. The van der Waals surface area contributed by atoms with Crippen molar-refractivity contribution in [1.29, 1.82) is 0 Å². The summed E-state index contributed by atoms with van der Waals surface area (Å²) in [7, 11) is 2.32. The smallest absolute Gasteiger partial charge is 0.306 e. The van der Waals surface area contributed by atoms with E-state index in [1.807, 2.05) is 172 Å². The topological polar surface area (TPSA) is 188 Å². The third kappa shape index (κ3) is 18.7. The second kappa shape index (κ2) is 35.8. The van der Waals surface area contributed by atoms with Crippen molar-refractivity contribution in [1.82, 2.24) is 0 Å². The van der Waals surface area contributed by atoms with E-state index in [0.29, 0.717) is 30.3 Å². The van der Waals surface area contributed by atoms with Crippen molar-refractivity contribution in [3.63, 3.8) is 0 Å². The summed E-state index contributed by atoms with van der Waals surface area (Å²) in [6, 6.07) is 48.6. The van der Waals surface area contributed by atoms with Gasteiger partial charge in [-0.15, -0.1) is 0 Å². The van der Waals surface area contributed by atoms with Gasteiger partial charge < -0.3 is 61.3 Å². The Morgan fingerprint density at radius 2 is 0.773 bits per heavy atom. The molecule has 10 rings (SSSR count). The van der Waals surface area contributed by atoms with Crippen molar-refractivity contribution >= 4 is 74.0 Å². The summed E-state index contributed by atoms with van der Waals surface area (Å²) in [5, 5.41) is 3.69. The van der Waals surface area contributed by atoms with Crippen molar-refractivity contribution in [2.24, 2.45) is 5.41 Å². The first kappa shape index (κ1) is 83.2. The van der Waals surface area contributed by atoms with E-state index in [4.69, 9.17) is 61.3 Å². The van der Waals surface area contributed by atoms with Gasteiger partial charge in [0.25, 0.3) is 0 Å². The Hall–Kier alpha value is -9.25. The number of esters is 4. The van der Waals surface area contributed by atoms with Crippen LogP contribution in [-0.2, 0) is 76.4 Å². The highest BCUT2D eigenvalue weighted by molar-refractivity contribution is 6.79. The van der Waals surface area contributed by atoms with E-state index in [1.165, 1.54) is 0 Å². The lowest BCUT2D eigenvalue weighted by molar-refractivity contribution is -0.151. The fourth-order valence-corrected chi connectivity index (χ4v) is 22.4. The Bertz CT molecular complexity index is 4480. The zero-order chi connectivity index (χ0) is 79.2. The minimum Gasteiger partial charge on any atom is -0.497 e. The van der Waals surface area contributed by atoms with E-state index in [0.717, 1.165) is 125 Å². The number of hydrogen-bond donors (Lipinski definition) is 0. The van der Waals surface area contributed by atoms with Gasteiger partial charge in [-0.3, -0.25) is 19.2 Å². The second-order valence-electron chi connectivity index (χ2n) is 31.7. The van der Waals surface area contributed by atoms with E-state index in [9.17, 15) is 19.2 Å². The molecular weight excluding hydrogens is 1420 g/mol. The fraction of sp³-hybridized carbons (Fsp3) is 0.429. The van der Waals surface area contributed by atoms with Gasteiger partial charge in [-0.25, -0.2) is 0 Å². The molecule has 110 heavy (non-hydrogen) atoms. The van der Waals surface area contributed by atoms with Gasteiger partial charge in [-0.2, -0.15) is 0 Å². The summed E-state index contributed by atoms with van der Waals surface area (Å²) in [4.78, 5) is 52.4. The lowest BCUT2D eigenvalue weighted by Crippen LogP contribution is -2.56. The quantitative estimate of drug-likeness (QED) is 0.0154. The third-order valence-corrected chi connectivity index (χ3v) is 33.1. The normalized spacial score (nSPS) is 14.2. The molecule has 0 aromatic heterocycles. The number of fused-ring (bicyclic) bond motifs is 6. The first-order valence-corrected chi connectivity index (χ1v) is 44.6. The van der Waals surface area contributed by atoms with Gasteiger partial charge in [0.05, 0.1) is 81.0 Å². The van der Waals surface area contributed by atoms with Crippen molar-refractivity contribution in [3.05, 3.63) is 213 Å². The van der Waals surface area contributed by atoms with Crippen molar-refractivity contribution in [2.75, 3.05) is 68.1 Å². The number of ether oxygens (including phenoxy) is 12. The van der Waals surface area contributed by atoms with Crippen LogP contribution in [0.5, 0.6) is 34.5 Å². The van der Waals surface area contributed by atoms with Crippen LogP contribution in [0.3, 0.4) is 0 Å². The SMILES string of the molecule is COc1ccc(C2(c3ccc(OC)cc3)C=Cc3c(COC(=O)CCC(=O)OCCOCCCC(C)(C)C(C)(C)[Si](C)(C)OC(C)(C)C(C)[Si](C)(C)CCCOCCOC(=O)CCC(=O)OCc4c5c(c6ccccc6c4C)OC(c4ccc(OC)cc4)(c4ccc(OC)cc4)C=C5)c(C)c4ccccc4c3O2)cc1. The van der Waals surface area contributed by atoms with Crippen LogP contribution in [0.4, 0.5) is 0 Å². The summed E-state index contributed by atoms with van der Waals surface area (Å²) < 4.78 is 78.7. The van der Waals surface area contributed by atoms with Crippen LogP contribution in [0, 0.1) is 19.3 Å². The Labute approximate surface area is 652 Å². The van der Waals surface area contributed by atoms with Crippen molar-refractivity contribution in [3.8, 4) is 34.5 Å². The molecule has 2 aliphatic rings. The first-order chi connectivity index (χ1) is 52.4. The van der Waals surface area contributed by atoms with Crippen LogP contribution in [0.15, 0.2) is 158 Å². The van der Waals surface area contributed by atoms with Crippen LogP contribution in [0.1, 0.15) is 149 Å². The Balaban J connectivity index is 0.610. The average molecular weight is 1530 g/mol. The molecule has 2 aliphatic heterocycles. The molecule has 586 valence electrons. The zero-order valence-corrected chi connectivity index (χ0v) is 69.5. The third-order valence-electron chi connectivity index (χ3n) is 23.7. The summed E-state index contributed by atoms with van der Waals surface area (Å²) in [6.07, 6.45) is 10.3. The minimum absolute atomic E-state index is 0.0111. The molecule has 0 bridgehead atoms. The van der Waals surface area contributed by atoms with Gasteiger partial charge in [-0.1, -0.05) is 163 Å². The molecule has 0 fully saturated rings. The highest BCUT2D eigenvalue weighted by Gasteiger charge is 2.54. The molecule has 0 saturated carbocycles.